The number of hydrogen-bond acceptors (Lipinski definition) is 7. The maximum atomic E-state index is 12.1. The summed E-state index contributed by atoms with van der Waals surface area (Å²) in [5.41, 5.74) is 1.09. The van der Waals surface area contributed by atoms with Crippen LogP contribution < -0.4 is 5.32 Å². The molecule has 1 aromatic carbocycles. The van der Waals surface area contributed by atoms with Crippen molar-refractivity contribution in [2.45, 2.75) is 17.0 Å². The lowest BCUT2D eigenvalue weighted by Crippen LogP contribution is -2.11. The molecule has 0 saturated heterocycles. The van der Waals surface area contributed by atoms with Gasteiger partial charge in [0.1, 0.15) is 0 Å². The van der Waals surface area contributed by atoms with Crippen LogP contribution >= 0.6 is 23.1 Å². The first-order valence-electron chi connectivity index (χ1n) is 6.41. The predicted octanol–water partition coefficient (Wildman–Crippen LogP) is 2.45. The molecule has 1 heterocycles. The number of sulfone groups is 1. The summed E-state index contributed by atoms with van der Waals surface area (Å²) in [4.78, 5) is 12.1. The first-order valence-corrected chi connectivity index (χ1v) is 10.3. The summed E-state index contributed by atoms with van der Waals surface area (Å²) in [5.74, 6) is 0.558. The Bertz CT molecular complexity index is 754. The number of aromatic nitrogens is 2. The lowest BCUT2D eigenvalue weighted by molar-refractivity contribution is 0.102. The van der Waals surface area contributed by atoms with Gasteiger partial charge in [-0.3, -0.25) is 10.1 Å². The SMILES string of the molecule is CCSc1nnc(NC(=O)c2ccc(CS(C)(=O)=O)cc2)s1. The normalized spacial score (nSPS) is 11.4. The van der Waals surface area contributed by atoms with Gasteiger partial charge in [0.05, 0.1) is 5.75 Å². The van der Waals surface area contributed by atoms with Crippen molar-refractivity contribution in [2.24, 2.45) is 0 Å². The molecule has 1 amide bonds. The second kappa shape index (κ2) is 7.21. The minimum atomic E-state index is -3.08. The largest absolute Gasteiger partial charge is 0.296 e. The van der Waals surface area contributed by atoms with Crippen LogP contribution in [0.25, 0.3) is 0 Å². The second-order valence-electron chi connectivity index (χ2n) is 4.53. The molecule has 0 bridgehead atoms. The molecule has 0 unspecified atom stereocenters. The molecule has 0 radical (unpaired) electrons. The maximum Gasteiger partial charge on any atom is 0.257 e. The molecular weight excluding hydrogens is 342 g/mol. The Morgan fingerprint density at radius 2 is 1.95 bits per heavy atom. The highest BCUT2D eigenvalue weighted by Crippen LogP contribution is 2.25. The van der Waals surface area contributed by atoms with E-state index in [4.69, 9.17) is 0 Å². The number of amides is 1. The first kappa shape index (κ1) is 16.9. The zero-order valence-electron chi connectivity index (χ0n) is 12.1. The molecule has 0 aliphatic carbocycles. The number of hydrogen-bond donors (Lipinski definition) is 1. The van der Waals surface area contributed by atoms with E-state index in [1.54, 1.807) is 36.0 Å². The summed E-state index contributed by atoms with van der Waals surface area (Å²) in [6.07, 6.45) is 1.18. The van der Waals surface area contributed by atoms with Crippen molar-refractivity contribution >= 4 is 44.0 Å². The summed E-state index contributed by atoms with van der Waals surface area (Å²) < 4.78 is 23.2. The summed E-state index contributed by atoms with van der Waals surface area (Å²) in [7, 11) is -3.08. The van der Waals surface area contributed by atoms with Crippen LogP contribution in [0.15, 0.2) is 28.6 Å². The Labute approximate surface area is 137 Å². The van der Waals surface area contributed by atoms with E-state index in [2.05, 4.69) is 15.5 Å². The average molecular weight is 357 g/mol. The number of carbonyl (C=O) groups is 1. The minimum absolute atomic E-state index is 0.0388. The molecule has 2 aromatic rings. The number of nitrogens with zero attached hydrogens (tertiary/aromatic N) is 2. The Hall–Kier alpha value is -1.45. The molecule has 0 aliphatic rings. The van der Waals surface area contributed by atoms with Gasteiger partial charge in [0, 0.05) is 11.8 Å². The van der Waals surface area contributed by atoms with E-state index in [1.807, 2.05) is 6.92 Å². The van der Waals surface area contributed by atoms with Crippen LogP contribution in [0.2, 0.25) is 0 Å². The van der Waals surface area contributed by atoms with E-state index in [-0.39, 0.29) is 11.7 Å². The topological polar surface area (TPSA) is 89.0 Å². The van der Waals surface area contributed by atoms with Crippen molar-refractivity contribution in [3.05, 3.63) is 35.4 Å². The molecule has 0 spiro atoms. The smallest absolute Gasteiger partial charge is 0.257 e. The number of carbonyl (C=O) groups excluding carboxylic acids is 1. The van der Waals surface area contributed by atoms with Crippen LogP contribution in [0.5, 0.6) is 0 Å². The Morgan fingerprint density at radius 3 is 2.55 bits per heavy atom. The fourth-order valence-corrected chi connectivity index (χ4v) is 4.11. The number of thioether (sulfide) groups is 1. The van der Waals surface area contributed by atoms with Gasteiger partial charge in [0.15, 0.2) is 14.2 Å². The molecule has 118 valence electrons. The zero-order valence-corrected chi connectivity index (χ0v) is 14.5. The lowest BCUT2D eigenvalue weighted by atomic mass is 10.1. The Balaban J connectivity index is 2.03. The standard InChI is InChI=1S/C13H15N3O3S3/c1-3-20-13-16-15-12(21-13)14-11(17)10-6-4-9(5-7-10)8-22(2,18)19/h4-7H,3,8H2,1-2H3,(H,14,15,17). The molecule has 0 fully saturated rings. The number of nitrogens with one attached hydrogen (secondary N) is 1. The maximum absolute atomic E-state index is 12.1. The summed E-state index contributed by atoms with van der Waals surface area (Å²) >= 11 is 2.88. The number of anilines is 1. The number of benzene rings is 1. The summed E-state index contributed by atoms with van der Waals surface area (Å²) in [6, 6.07) is 6.46. The molecule has 6 nitrogen and oxygen atoms in total. The molecular formula is C13H15N3O3S3. The van der Waals surface area contributed by atoms with Crippen molar-refractivity contribution in [1.29, 1.82) is 0 Å². The van der Waals surface area contributed by atoms with E-state index < -0.39 is 9.84 Å². The van der Waals surface area contributed by atoms with Crippen LogP contribution in [0.4, 0.5) is 5.13 Å². The molecule has 0 atom stereocenters. The highest BCUT2D eigenvalue weighted by Gasteiger charge is 2.11. The van der Waals surface area contributed by atoms with E-state index in [9.17, 15) is 13.2 Å². The summed E-state index contributed by atoms with van der Waals surface area (Å²) in [6.45, 7) is 2.02. The molecule has 1 N–H and O–H groups in total. The van der Waals surface area contributed by atoms with Crippen molar-refractivity contribution in [3.63, 3.8) is 0 Å². The molecule has 0 aliphatic heterocycles. The fourth-order valence-electron chi connectivity index (χ4n) is 1.67. The van der Waals surface area contributed by atoms with Gasteiger partial charge < -0.3 is 0 Å². The van der Waals surface area contributed by atoms with E-state index >= 15 is 0 Å². The molecule has 1 aromatic heterocycles. The summed E-state index contributed by atoms with van der Waals surface area (Å²) in [5, 5.41) is 11.0. The zero-order chi connectivity index (χ0) is 16.2. The first-order chi connectivity index (χ1) is 10.4. The number of rotatable bonds is 6. The Kier molecular flexibility index (Phi) is 5.54. The van der Waals surface area contributed by atoms with Crippen LogP contribution in [-0.4, -0.2) is 36.5 Å². The highest BCUT2D eigenvalue weighted by molar-refractivity contribution is 8.01. The van der Waals surface area contributed by atoms with E-state index in [1.165, 1.54) is 17.6 Å². The van der Waals surface area contributed by atoms with Gasteiger partial charge in [-0.1, -0.05) is 42.2 Å². The highest BCUT2D eigenvalue weighted by atomic mass is 32.2. The van der Waals surface area contributed by atoms with Crippen molar-refractivity contribution in [3.8, 4) is 0 Å². The van der Waals surface area contributed by atoms with Gasteiger partial charge >= 0.3 is 0 Å². The monoisotopic (exact) mass is 357 g/mol. The van der Waals surface area contributed by atoms with Gasteiger partial charge in [-0.2, -0.15) is 0 Å². The van der Waals surface area contributed by atoms with Gasteiger partial charge in [-0.25, -0.2) is 8.42 Å². The van der Waals surface area contributed by atoms with Crippen LogP contribution in [0.1, 0.15) is 22.8 Å². The lowest BCUT2D eigenvalue weighted by Gasteiger charge is -2.03. The third-order valence-electron chi connectivity index (χ3n) is 2.54. The molecule has 22 heavy (non-hydrogen) atoms. The Morgan fingerprint density at radius 1 is 1.27 bits per heavy atom. The van der Waals surface area contributed by atoms with Gasteiger partial charge in [-0.15, -0.1) is 10.2 Å². The quantitative estimate of drug-likeness (QED) is 0.631. The van der Waals surface area contributed by atoms with Crippen molar-refractivity contribution < 1.29 is 13.2 Å². The molecule has 9 heteroatoms. The van der Waals surface area contributed by atoms with E-state index in [0.29, 0.717) is 16.3 Å². The fraction of sp³-hybridized carbons (Fsp3) is 0.308. The second-order valence-corrected chi connectivity index (χ2v) is 9.16. The van der Waals surface area contributed by atoms with Crippen LogP contribution in [-0.2, 0) is 15.6 Å². The molecule has 2 rings (SSSR count). The van der Waals surface area contributed by atoms with Crippen molar-refractivity contribution in [2.75, 3.05) is 17.3 Å². The van der Waals surface area contributed by atoms with Gasteiger partial charge in [-0.05, 0) is 23.4 Å². The predicted molar refractivity (Wildman–Crippen MR) is 89.3 cm³/mol. The third-order valence-corrected chi connectivity index (χ3v) is 5.25. The van der Waals surface area contributed by atoms with Crippen LogP contribution in [0, 0.1) is 0 Å². The average Bonchev–Trinajstić information content (AvgIpc) is 2.85. The molecule has 0 saturated carbocycles. The van der Waals surface area contributed by atoms with Crippen molar-refractivity contribution in [1.82, 2.24) is 10.2 Å². The van der Waals surface area contributed by atoms with Crippen LogP contribution in [0.3, 0.4) is 0 Å². The van der Waals surface area contributed by atoms with Gasteiger partial charge in [0.2, 0.25) is 5.13 Å². The van der Waals surface area contributed by atoms with E-state index in [0.717, 1.165) is 10.1 Å². The third kappa shape index (κ3) is 5.08. The van der Waals surface area contributed by atoms with Gasteiger partial charge in [0.25, 0.3) is 5.91 Å². The minimum Gasteiger partial charge on any atom is -0.296 e.